The third-order valence-corrected chi connectivity index (χ3v) is 0. The van der Waals surface area contributed by atoms with E-state index in [1.807, 2.05) is 0 Å². The van der Waals surface area contributed by atoms with E-state index in [1.165, 1.54) is 0 Å². The minimum atomic E-state index is 0. The van der Waals surface area contributed by atoms with E-state index in [-0.39, 0.29) is 79.1 Å². The summed E-state index contributed by atoms with van der Waals surface area (Å²) in [7, 11) is 0. The fourth-order valence-corrected chi connectivity index (χ4v) is 0. The van der Waals surface area contributed by atoms with Crippen molar-refractivity contribution in [1.29, 1.82) is 0 Å². The third-order valence-electron chi connectivity index (χ3n) is 0. The van der Waals surface area contributed by atoms with Crippen molar-refractivity contribution in [2.75, 3.05) is 0 Å². The van der Waals surface area contributed by atoms with Crippen molar-refractivity contribution in [3.8, 4) is 0 Å². The van der Waals surface area contributed by atoms with Crippen LogP contribution in [0.3, 0.4) is 0 Å². The van der Waals surface area contributed by atoms with Crippen molar-refractivity contribution >= 4 is 27.5 Å². The summed E-state index contributed by atoms with van der Waals surface area (Å²) >= 11 is 0. The Bertz CT molecular complexity index is 8.00. The molecule has 0 rings (SSSR count). The zero-order valence-corrected chi connectivity index (χ0v) is 4.48. The molecule has 0 nitrogen and oxygen atoms in total. The first-order valence-electron chi connectivity index (χ1n) is 0. The van der Waals surface area contributed by atoms with E-state index in [4.69, 9.17) is 0 Å². The summed E-state index contributed by atoms with van der Waals surface area (Å²) in [5.41, 5.74) is 0. The third kappa shape index (κ3) is 8.83. The van der Waals surface area contributed by atoms with Crippen molar-refractivity contribution < 1.29 is 51.6 Å². The normalized spacial score (nSPS) is 0. The number of rotatable bonds is 0. The van der Waals surface area contributed by atoms with Crippen LogP contribution in [0.25, 0.3) is 0 Å². The van der Waals surface area contributed by atoms with E-state index < -0.39 is 0 Å². The summed E-state index contributed by atoms with van der Waals surface area (Å²) in [5, 5.41) is 0. The molecule has 0 aliphatic carbocycles. The molecule has 0 saturated carbocycles. The summed E-state index contributed by atoms with van der Waals surface area (Å²) in [6, 6.07) is 0. The van der Waals surface area contributed by atoms with Gasteiger partial charge in [-0.3, -0.25) is 0 Å². The zero-order valence-electron chi connectivity index (χ0n) is 1.35. The molecule has 0 N–H and O–H groups in total. The van der Waals surface area contributed by atoms with Crippen LogP contribution < -0.4 is 0 Å². The maximum absolute atomic E-state index is 0. The average Bonchev–Trinajstić information content (AvgIpc) is 0. The SMILES string of the molecule is P.[F].[GeH4].[Yb]. The van der Waals surface area contributed by atoms with Crippen LogP contribution in [0.5, 0.6) is 0 Å². The number of hydrogen-bond acceptors (Lipinski definition) is 0. The van der Waals surface area contributed by atoms with Gasteiger partial charge in [0.15, 0.2) is 0 Å². The molecular formula is H7FGePYb. The van der Waals surface area contributed by atoms with Gasteiger partial charge in [-0.15, -0.1) is 0 Å². The van der Waals surface area contributed by atoms with Gasteiger partial charge in [0.2, 0.25) is 0 Å². The average molecular weight is 303 g/mol. The second-order valence-corrected chi connectivity index (χ2v) is 0. The summed E-state index contributed by atoms with van der Waals surface area (Å²) in [6.45, 7) is 0. The van der Waals surface area contributed by atoms with Gasteiger partial charge in [-0.05, 0) is 0 Å². The molecule has 0 amide bonds. The van der Waals surface area contributed by atoms with Gasteiger partial charge in [-0.2, -0.15) is 9.90 Å². The Labute approximate surface area is 77.7 Å². The second kappa shape index (κ2) is 18.1. The van der Waals surface area contributed by atoms with Crippen molar-refractivity contribution in [2.24, 2.45) is 0 Å². The van der Waals surface area contributed by atoms with Gasteiger partial charge in [0, 0.05) is 51.6 Å². The molecule has 4 heteroatoms. The smallest absolute Gasteiger partial charge is 0 e. The monoisotopic (exact) mass is 305 g/mol. The molecule has 0 aliphatic heterocycles. The van der Waals surface area contributed by atoms with Gasteiger partial charge in [0.25, 0.3) is 0 Å². The van der Waals surface area contributed by atoms with Crippen LogP contribution >= 0.6 is 9.90 Å². The molecule has 0 heterocycles. The Morgan fingerprint density at radius 1 is 1.00 bits per heavy atom. The van der Waals surface area contributed by atoms with Gasteiger partial charge < -0.3 is 0 Å². The van der Waals surface area contributed by atoms with Crippen molar-refractivity contribution in [1.82, 2.24) is 0 Å². The van der Waals surface area contributed by atoms with Gasteiger partial charge in [0.05, 0.1) is 0 Å². The Morgan fingerprint density at radius 2 is 1.00 bits per heavy atom. The van der Waals surface area contributed by atoms with E-state index in [9.17, 15) is 0 Å². The molecule has 0 bridgehead atoms. The first-order valence-corrected chi connectivity index (χ1v) is 0. The fraction of sp³-hybridized carbons (Fsp3) is 0. The molecule has 4 heavy (non-hydrogen) atoms. The van der Waals surface area contributed by atoms with Gasteiger partial charge in [-0.1, -0.05) is 0 Å². The quantitative estimate of drug-likeness (QED) is 0.399. The van der Waals surface area contributed by atoms with Crippen molar-refractivity contribution in [3.05, 3.63) is 0 Å². The Balaban J connectivity index is 0. The Hall–Kier alpha value is 2.42. The second-order valence-electron chi connectivity index (χ2n) is 0. The molecule has 1 atom stereocenters. The molecule has 0 fully saturated rings. The minimum absolute atomic E-state index is 0. The van der Waals surface area contributed by atoms with E-state index >= 15 is 0 Å². The molecule has 1 unspecified atom stereocenters. The summed E-state index contributed by atoms with van der Waals surface area (Å²) in [6.07, 6.45) is 0. The maximum Gasteiger partial charge on any atom is 0 e. The number of halogens is 1. The molecule has 0 saturated heterocycles. The standard InChI is InChI=1S/F.GeH4.H3P.Yb/h;1H4;1H3;. The van der Waals surface area contributed by atoms with Gasteiger partial charge in [0.1, 0.15) is 0 Å². The molecular weight excluding hydrogens is 296 g/mol. The molecule has 1 radical (unpaired) electrons. The summed E-state index contributed by atoms with van der Waals surface area (Å²) < 4.78 is 0. The molecule has 0 aromatic carbocycles. The van der Waals surface area contributed by atoms with Crippen LogP contribution in [0.2, 0.25) is 0 Å². The largest absolute Gasteiger partial charge is 0 e. The van der Waals surface area contributed by atoms with E-state index in [2.05, 4.69) is 0 Å². The number of hydrogen-bond donors (Lipinski definition) is 0. The van der Waals surface area contributed by atoms with Crippen LogP contribution in [0.4, 0.5) is 4.70 Å². The van der Waals surface area contributed by atoms with E-state index in [0.717, 1.165) is 0 Å². The predicted molar refractivity (Wildman–Crippen MR) is 23.5 cm³/mol. The zero-order chi connectivity index (χ0) is 0. The van der Waals surface area contributed by atoms with Crippen LogP contribution in [-0.4, -0.2) is 17.6 Å². The predicted octanol–water partition coefficient (Wildman–Crippen LogP) is -0.973. The van der Waals surface area contributed by atoms with Crippen LogP contribution in [0.15, 0.2) is 0 Å². The maximum atomic E-state index is 0. The summed E-state index contributed by atoms with van der Waals surface area (Å²) in [4.78, 5) is 0. The van der Waals surface area contributed by atoms with Crippen LogP contribution in [-0.2, 0) is 0 Å². The first-order chi connectivity index (χ1) is 0. The van der Waals surface area contributed by atoms with Crippen LogP contribution in [0, 0.1) is 46.9 Å². The molecule has 37 valence electrons. The van der Waals surface area contributed by atoms with Crippen LogP contribution in [0.1, 0.15) is 0 Å². The topological polar surface area (TPSA) is 0 Å². The molecule has 0 aromatic rings. The molecule has 0 aromatic heterocycles. The van der Waals surface area contributed by atoms with Gasteiger partial charge >= 0.3 is 17.6 Å². The fourth-order valence-electron chi connectivity index (χ4n) is 0. The minimum Gasteiger partial charge on any atom is 0 e. The Kier molecular flexibility index (Phi) is 145. The molecule has 0 spiro atoms. The summed E-state index contributed by atoms with van der Waals surface area (Å²) in [5.74, 6) is 0. The molecule has 0 aliphatic rings. The Morgan fingerprint density at radius 3 is 1.00 bits per heavy atom. The first kappa shape index (κ1) is 32.2. The van der Waals surface area contributed by atoms with Gasteiger partial charge in [-0.25, -0.2) is 0 Å². The van der Waals surface area contributed by atoms with E-state index in [0.29, 0.717) is 0 Å². The van der Waals surface area contributed by atoms with Crippen molar-refractivity contribution in [2.45, 2.75) is 0 Å². The van der Waals surface area contributed by atoms with Crippen molar-refractivity contribution in [3.63, 3.8) is 0 Å². The van der Waals surface area contributed by atoms with E-state index in [1.54, 1.807) is 0 Å².